The summed E-state index contributed by atoms with van der Waals surface area (Å²) in [5.41, 5.74) is 0.138. The number of benzene rings is 1. The Kier molecular flexibility index (Phi) is 5.11. The highest BCUT2D eigenvalue weighted by Gasteiger charge is 2.19. The molecule has 1 aromatic carbocycles. The first-order valence-electron chi connectivity index (χ1n) is 4.99. The molecular formula is C11H12O5Si. The van der Waals surface area contributed by atoms with Crippen molar-refractivity contribution in [3.63, 3.8) is 0 Å². The van der Waals surface area contributed by atoms with Crippen molar-refractivity contribution < 1.29 is 24.5 Å². The van der Waals surface area contributed by atoms with Crippen LogP contribution in [0.1, 0.15) is 5.56 Å². The van der Waals surface area contributed by atoms with E-state index in [1.165, 1.54) is 6.08 Å². The monoisotopic (exact) mass is 252 g/mol. The molecule has 0 unspecified atom stereocenters. The summed E-state index contributed by atoms with van der Waals surface area (Å²) >= 11 is 0. The number of hydrogen-bond donors (Lipinski definition) is 1. The van der Waals surface area contributed by atoms with Crippen LogP contribution in [-0.4, -0.2) is 33.5 Å². The third-order valence-corrected chi connectivity index (χ3v) is 2.05. The van der Waals surface area contributed by atoms with Crippen molar-refractivity contribution in [2.75, 3.05) is 6.23 Å². The fourth-order valence-electron chi connectivity index (χ4n) is 1.08. The lowest BCUT2D eigenvalue weighted by Gasteiger charge is -2.02. The first-order chi connectivity index (χ1) is 8.15. The van der Waals surface area contributed by atoms with E-state index in [4.69, 9.17) is 5.11 Å². The van der Waals surface area contributed by atoms with Crippen molar-refractivity contribution >= 4 is 28.3 Å². The molecule has 17 heavy (non-hydrogen) atoms. The molecule has 0 spiro atoms. The van der Waals surface area contributed by atoms with Gasteiger partial charge >= 0.3 is 11.9 Å². The molecule has 1 N–H and O–H groups in total. The van der Waals surface area contributed by atoms with Gasteiger partial charge in [-0.25, -0.2) is 9.59 Å². The van der Waals surface area contributed by atoms with E-state index in [9.17, 15) is 9.59 Å². The van der Waals surface area contributed by atoms with Gasteiger partial charge in [-0.05, 0) is 11.6 Å². The Morgan fingerprint density at radius 1 is 1.29 bits per heavy atom. The molecule has 0 fully saturated rings. The Morgan fingerprint density at radius 3 is 2.47 bits per heavy atom. The highest BCUT2D eigenvalue weighted by atomic mass is 28.1. The third kappa shape index (κ3) is 4.21. The zero-order valence-corrected chi connectivity index (χ0v) is 11.3. The van der Waals surface area contributed by atoms with Gasteiger partial charge in [0.15, 0.2) is 0 Å². The van der Waals surface area contributed by atoms with Gasteiger partial charge in [-0.1, -0.05) is 30.3 Å². The minimum Gasteiger partial charge on any atom is -0.477 e. The molecule has 1 rings (SSSR count). The lowest BCUT2D eigenvalue weighted by molar-refractivity contribution is -0.256. The molecule has 0 bridgehead atoms. The Labute approximate surface area is 101 Å². The lowest BCUT2D eigenvalue weighted by atomic mass is 10.1. The molecule has 0 heterocycles. The van der Waals surface area contributed by atoms with Crippen molar-refractivity contribution in [2.24, 2.45) is 0 Å². The van der Waals surface area contributed by atoms with Gasteiger partial charge in [0.05, 0.1) is 6.23 Å². The van der Waals surface area contributed by atoms with E-state index in [0.29, 0.717) is 22.0 Å². The van der Waals surface area contributed by atoms with E-state index < -0.39 is 17.5 Å². The maximum Gasteiger partial charge on any atom is 0.380 e. The Bertz CT molecular complexity index is 427. The maximum atomic E-state index is 11.4. The van der Waals surface area contributed by atoms with Gasteiger partial charge in [0, 0.05) is 10.2 Å². The van der Waals surface area contributed by atoms with Crippen LogP contribution in [0.25, 0.3) is 6.08 Å². The van der Waals surface area contributed by atoms with Crippen molar-refractivity contribution in [3.8, 4) is 0 Å². The molecule has 6 heteroatoms. The largest absolute Gasteiger partial charge is 0.477 e. The summed E-state index contributed by atoms with van der Waals surface area (Å²) in [5, 5.41) is 8.89. The molecule has 0 saturated carbocycles. The van der Waals surface area contributed by atoms with Crippen molar-refractivity contribution in [1.29, 1.82) is 0 Å². The molecular weight excluding hydrogens is 240 g/mol. The highest BCUT2D eigenvalue weighted by Crippen LogP contribution is 2.08. The maximum absolute atomic E-state index is 11.4. The second kappa shape index (κ2) is 6.61. The second-order valence-electron chi connectivity index (χ2n) is 3.05. The van der Waals surface area contributed by atoms with Gasteiger partial charge in [-0.3, -0.25) is 4.89 Å². The average molecular weight is 252 g/mol. The summed E-state index contributed by atoms with van der Waals surface area (Å²) in [6.45, 7) is 0. The highest BCUT2D eigenvalue weighted by molar-refractivity contribution is 6.16. The van der Waals surface area contributed by atoms with E-state index in [1.807, 2.05) is 0 Å². The summed E-state index contributed by atoms with van der Waals surface area (Å²) in [6.07, 6.45) is 1.53. The van der Waals surface area contributed by atoms with Crippen LogP contribution in [0.2, 0.25) is 0 Å². The second-order valence-corrected chi connectivity index (χ2v) is 3.63. The number of carbonyl (C=O) groups excluding carboxylic acids is 1. The van der Waals surface area contributed by atoms with E-state index in [1.54, 1.807) is 30.3 Å². The molecule has 0 aromatic heterocycles. The van der Waals surface area contributed by atoms with Crippen molar-refractivity contribution in [1.82, 2.24) is 0 Å². The Balaban J connectivity index is 2.90. The quantitative estimate of drug-likeness (QED) is 0.199. The minimum atomic E-state index is -1.35. The summed E-state index contributed by atoms with van der Waals surface area (Å²) < 4.78 is 0. The molecule has 1 aromatic rings. The van der Waals surface area contributed by atoms with Gasteiger partial charge in [0.2, 0.25) is 0 Å². The standard InChI is InChI=1S/C11H12O5Si/c12-10(13)9(11(14)16-15-7-17)6-8-4-2-1-3-5-8/h1-6H,7H2,17H3,(H,12,13). The van der Waals surface area contributed by atoms with Crippen LogP contribution < -0.4 is 0 Å². The zero-order valence-electron chi connectivity index (χ0n) is 9.25. The Hall–Kier alpha value is -1.92. The molecule has 0 aliphatic heterocycles. The van der Waals surface area contributed by atoms with Crippen LogP contribution >= 0.6 is 0 Å². The SMILES string of the molecule is O=C(O)C(=Cc1ccccc1)C(=O)OOC[SiH3]. The molecule has 0 radical (unpaired) electrons. The van der Waals surface area contributed by atoms with Gasteiger partial charge in [0.1, 0.15) is 5.57 Å². The van der Waals surface area contributed by atoms with E-state index >= 15 is 0 Å². The summed E-state index contributed by atoms with van der Waals surface area (Å²) in [4.78, 5) is 31.1. The number of aliphatic carboxylic acids is 1. The fourth-order valence-corrected chi connectivity index (χ4v) is 1.20. The number of carboxylic acid groups (broad SMARTS) is 1. The first-order valence-corrected chi connectivity index (χ1v) is 6.40. The van der Waals surface area contributed by atoms with E-state index in [-0.39, 0.29) is 0 Å². The van der Waals surface area contributed by atoms with Crippen LogP contribution in [0.15, 0.2) is 35.9 Å². The van der Waals surface area contributed by atoms with Crippen LogP contribution in [0.4, 0.5) is 0 Å². The number of hydrogen-bond acceptors (Lipinski definition) is 4. The van der Waals surface area contributed by atoms with Gasteiger partial charge in [-0.15, -0.1) is 0 Å². The van der Waals surface area contributed by atoms with E-state index in [2.05, 4.69) is 9.78 Å². The third-order valence-electron chi connectivity index (χ3n) is 1.81. The topological polar surface area (TPSA) is 72.8 Å². The molecule has 0 aliphatic rings. The Morgan fingerprint density at radius 2 is 1.94 bits per heavy atom. The van der Waals surface area contributed by atoms with Crippen molar-refractivity contribution in [2.45, 2.75) is 0 Å². The normalized spacial score (nSPS) is 11.2. The molecule has 0 saturated heterocycles. The van der Waals surface area contributed by atoms with E-state index in [0.717, 1.165) is 0 Å². The minimum absolute atomic E-state index is 0.296. The smallest absolute Gasteiger partial charge is 0.380 e. The number of rotatable bonds is 5. The molecule has 5 nitrogen and oxygen atoms in total. The van der Waals surface area contributed by atoms with Crippen LogP contribution in [0, 0.1) is 0 Å². The molecule has 0 aliphatic carbocycles. The summed E-state index contributed by atoms with van der Waals surface area (Å²) in [6, 6.07) is 8.64. The van der Waals surface area contributed by atoms with Gasteiger partial charge < -0.3 is 5.11 Å². The van der Waals surface area contributed by atoms with Crippen molar-refractivity contribution in [3.05, 3.63) is 41.5 Å². The van der Waals surface area contributed by atoms with Gasteiger partial charge in [0.25, 0.3) is 0 Å². The predicted octanol–water partition coefficient (Wildman–Crippen LogP) is -0.0477. The van der Waals surface area contributed by atoms with Crippen LogP contribution in [-0.2, 0) is 19.4 Å². The average Bonchev–Trinajstić information content (AvgIpc) is 2.34. The summed E-state index contributed by atoms with van der Waals surface area (Å²) in [7, 11) is 0.698. The lowest BCUT2D eigenvalue weighted by Crippen LogP contribution is -2.16. The molecule has 0 amide bonds. The molecule has 0 atom stereocenters. The van der Waals surface area contributed by atoms with Crippen LogP contribution in [0.5, 0.6) is 0 Å². The summed E-state index contributed by atoms with van der Waals surface area (Å²) in [5.74, 6) is -2.35. The number of carboxylic acids is 1. The van der Waals surface area contributed by atoms with Gasteiger partial charge in [-0.2, -0.15) is 4.89 Å². The number of carbonyl (C=O) groups is 2. The molecule has 90 valence electrons. The predicted molar refractivity (Wildman–Crippen MR) is 64.0 cm³/mol. The van der Waals surface area contributed by atoms with Crippen LogP contribution in [0.3, 0.4) is 0 Å². The first kappa shape index (κ1) is 13.1. The fraction of sp³-hybridized carbons (Fsp3) is 0.0909. The zero-order chi connectivity index (χ0) is 12.7.